The smallest absolute Gasteiger partial charge is 0.383 e. The fourth-order valence-corrected chi connectivity index (χ4v) is 0.794. The molecule has 74 valence electrons. The van der Waals surface area contributed by atoms with Crippen LogP contribution in [0.2, 0.25) is 0 Å². The first-order chi connectivity index (χ1) is 5.91. The van der Waals surface area contributed by atoms with Crippen molar-refractivity contribution in [1.82, 2.24) is 14.8 Å². The standard InChI is InChI=1S/C6H8F3N3O/c1-12-5(10-3-11-12)2-4(13)6(7,8)9/h3-4,13H,2H2,1H3. The average molecular weight is 195 g/mol. The number of rotatable bonds is 2. The van der Waals surface area contributed by atoms with Gasteiger partial charge in [-0.25, -0.2) is 4.98 Å². The van der Waals surface area contributed by atoms with Crippen LogP contribution in [0.15, 0.2) is 6.33 Å². The van der Waals surface area contributed by atoms with Gasteiger partial charge < -0.3 is 5.11 Å². The van der Waals surface area contributed by atoms with Crippen LogP contribution in [-0.4, -0.2) is 32.2 Å². The zero-order valence-electron chi connectivity index (χ0n) is 6.78. The van der Waals surface area contributed by atoms with E-state index in [0.29, 0.717) is 0 Å². The zero-order chi connectivity index (χ0) is 10.1. The Bertz CT molecular complexity index is 283. The minimum atomic E-state index is -4.61. The van der Waals surface area contributed by atoms with E-state index in [1.54, 1.807) is 0 Å². The molecule has 1 rings (SSSR count). The van der Waals surface area contributed by atoms with Crippen LogP contribution in [0.25, 0.3) is 0 Å². The lowest BCUT2D eigenvalue weighted by Crippen LogP contribution is -2.31. The first kappa shape index (κ1) is 9.97. The molecule has 1 heterocycles. The molecule has 13 heavy (non-hydrogen) atoms. The molecule has 1 unspecified atom stereocenters. The molecule has 4 nitrogen and oxygen atoms in total. The highest BCUT2D eigenvalue weighted by Crippen LogP contribution is 2.21. The third kappa shape index (κ3) is 2.41. The molecule has 0 aliphatic heterocycles. The largest absolute Gasteiger partial charge is 0.414 e. The lowest BCUT2D eigenvalue weighted by molar-refractivity contribution is -0.203. The molecule has 0 amide bonds. The Hall–Kier alpha value is -1.11. The van der Waals surface area contributed by atoms with Crippen molar-refractivity contribution in [2.45, 2.75) is 18.7 Å². The highest BCUT2D eigenvalue weighted by molar-refractivity contribution is 4.88. The van der Waals surface area contributed by atoms with Gasteiger partial charge in [-0.3, -0.25) is 4.68 Å². The molecule has 1 N–H and O–H groups in total. The Kier molecular flexibility index (Phi) is 2.55. The molecular weight excluding hydrogens is 187 g/mol. The molecule has 1 aromatic rings. The maximum absolute atomic E-state index is 11.9. The molecule has 0 aromatic carbocycles. The number of halogens is 3. The maximum Gasteiger partial charge on any atom is 0.414 e. The Morgan fingerprint density at radius 2 is 2.23 bits per heavy atom. The van der Waals surface area contributed by atoms with Gasteiger partial charge >= 0.3 is 6.18 Å². The SMILES string of the molecule is Cn1ncnc1CC(O)C(F)(F)F. The quantitative estimate of drug-likeness (QED) is 0.737. The Morgan fingerprint density at radius 1 is 1.62 bits per heavy atom. The van der Waals surface area contributed by atoms with Crippen molar-refractivity contribution in [2.75, 3.05) is 0 Å². The molecule has 7 heteroatoms. The van der Waals surface area contributed by atoms with Gasteiger partial charge in [0.25, 0.3) is 0 Å². The fourth-order valence-electron chi connectivity index (χ4n) is 0.794. The molecule has 0 saturated heterocycles. The van der Waals surface area contributed by atoms with Gasteiger partial charge in [0.1, 0.15) is 12.2 Å². The van der Waals surface area contributed by atoms with E-state index in [-0.39, 0.29) is 5.82 Å². The monoisotopic (exact) mass is 195 g/mol. The highest BCUT2D eigenvalue weighted by Gasteiger charge is 2.38. The van der Waals surface area contributed by atoms with Gasteiger partial charge in [0.2, 0.25) is 0 Å². The topological polar surface area (TPSA) is 50.9 Å². The first-order valence-electron chi connectivity index (χ1n) is 3.49. The van der Waals surface area contributed by atoms with Crippen LogP contribution >= 0.6 is 0 Å². The van der Waals surface area contributed by atoms with Gasteiger partial charge in [-0.1, -0.05) is 0 Å². The lowest BCUT2D eigenvalue weighted by Gasteiger charge is -2.13. The van der Waals surface area contributed by atoms with Gasteiger partial charge in [-0.05, 0) is 0 Å². The second-order valence-corrected chi connectivity index (χ2v) is 2.56. The third-order valence-electron chi connectivity index (χ3n) is 1.56. The average Bonchev–Trinajstić information content (AvgIpc) is 2.34. The van der Waals surface area contributed by atoms with Gasteiger partial charge in [-0.2, -0.15) is 18.3 Å². The number of aromatic nitrogens is 3. The molecule has 0 spiro atoms. The Labute approximate surface area is 72.0 Å². The molecule has 0 aliphatic carbocycles. The summed E-state index contributed by atoms with van der Waals surface area (Å²) in [6.45, 7) is 0. The summed E-state index contributed by atoms with van der Waals surface area (Å²) in [5.74, 6) is 0.102. The van der Waals surface area contributed by atoms with Crippen LogP contribution in [0.1, 0.15) is 5.82 Å². The van der Waals surface area contributed by atoms with Gasteiger partial charge in [0.05, 0.1) is 0 Å². The summed E-state index contributed by atoms with van der Waals surface area (Å²) in [5, 5.41) is 12.3. The predicted molar refractivity (Wildman–Crippen MR) is 36.8 cm³/mol. The Morgan fingerprint density at radius 3 is 2.62 bits per heavy atom. The minimum absolute atomic E-state index is 0.102. The van der Waals surface area contributed by atoms with E-state index in [1.165, 1.54) is 11.7 Å². The van der Waals surface area contributed by atoms with Crippen molar-refractivity contribution in [3.05, 3.63) is 12.2 Å². The summed E-state index contributed by atoms with van der Waals surface area (Å²) >= 11 is 0. The lowest BCUT2D eigenvalue weighted by atomic mass is 10.2. The van der Waals surface area contributed by atoms with Crippen LogP contribution in [0, 0.1) is 0 Å². The van der Waals surface area contributed by atoms with Crippen molar-refractivity contribution < 1.29 is 18.3 Å². The Balaban J connectivity index is 2.65. The van der Waals surface area contributed by atoms with Crippen LogP contribution in [-0.2, 0) is 13.5 Å². The van der Waals surface area contributed by atoms with Crippen molar-refractivity contribution in [1.29, 1.82) is 0 Å². The number of aryl methyl sites for hydroxylation is 1. The summed E-state index contributed by atoms with van der Waals surface area (Å²) < 4.78 is 36.8. The second kappa shape index (κ2) is 3.33. The van der Waals surface area contributed by atoms with E-state index in [4.69, 9.17) is 5.11 Å². The van der Waals surface area contributed by atoms with E-state index in [0.717, 1.165) is 6.33 Å². The third-order valence-corrected chi connectivity index (χ3v) is 1.56. The summed E-state index contributed by atoms with van der Waals surface area (Å²) in [4.78, 5) is 3.56. The summed E-state index contributed by atoms with van der Waals surface area (Å²) in [5.41, 5.74) is 0. The van der Waals surface area contributed by atoms with E-state index < -0.39 is 18.7 Å². The van der Waals surface area contributed by atoms with Crippen molar-refractivity contribution in [2.24, 2.45) is 7.05 Å². The number of aliphatic hydroxyl groups excluding tert-OH is 1. The van der Waals surface area contributed by atoms with E-state index >= 15 is 0 Å². The molecule has 0 saturated carbocycles. The summed E-state index contributed by atoms with van der Waals surface area (Å²) in [7, 11) is 1.46. The number of hydrogen-bond donors (Lipinski definition) is 1. The van der Waals surface area contributed by atoms with Crippen molar-refractivity contribution in [3.8, 4) is 0 Å². The number of aliphatic hydroxyl groups is 1. The van der Waals surface area contributed by atoms with E-state index in [2.05, 4.69) is 10.1 Å². The molecule has 0 bridgehead atoms. The molecule has 1 atom stereocenters. The van der Waals surface area contributed by atoms with Crippen LogP contribution in [0.5, 0.6) is 0 Å². The summed E-state index contributed by atoms with van der Waals surface area (Å²) in [6.07, 6.45) is -6.42. The van der Waals surface area contributed by atoms with Crippen LogP contribution in [0.4, 0.5) is 13.2 Å². The normalized spacial score (nSPS) is 14.5. The molecular formula is C6H8F3N3O. The predicted octanol–water partition coefficient (Wildman–Crippen LogP) is 0.281. The number of hydrogen-bond acceptors (Lipinski definition) is 3. The highest BCUT2D eigenvalue weighted by atomic mass is 19.4. The van der Waals surface area contributed by atoms with E-state index in [1.807, 2.05) is 0 Å². The van der Waals surface area contributed by atoms with Gasteiger partial charge in [0.15, 0.2) is 6.10 Å². The first-order valence-corrected chi connectivity index (χ1v) is 3.49. The minimum Gasteiger partial charge on any atom is -0.383 e. The van der Waals surface area contributed by atoms with Crippen LogP contribution in [0.3, 0.4) is 0 Å². The maximum atomic E-state index is 11.9. The van der Waals surface area contributed by atoms with Crippen molar-refractivity contribution in [3.63, 3.8) is 0 Å². The van der Waals surface area contributed by atoms with Gasteiger partial charge in [0, 0.05) is 13.5 Å². The van der Waals surface area contributed by atoms with E-state index in [9.17, 15) is 13.2 Å². The fraction of sp³-hybridized carbons (Fsp3) is 0.667. The number of alkyl halides is 3. The molecule has 0 aliphatic rings. The summed E-state index contributed by atoms with van der Waals surface area (Å²) in [6, 6.07) is 0. The zero-order valence-corrected chi connectivity index (χ0v) is 6.78. The number of nitrogens with zero attached hydrogens (tertiary/aromatic N) is 3. The van der Waals surface area contributed by atoms with Gasteiger partial charge in [-0.15, -0.1) is 0 Å². The molecule has 0 radical (unpaired) electrons. The molecule has 0 fully saturated rings. The van der Waals surface area contributed by atoms with Crippen LogP contribution < -0.4 is 0 Å². The second-order valence-electron chi connectivity index (χ2n) is 2.56. The van der Waals surface area contributed by atoms with Crippen molar-refractivity contribution >= 4 is 0 Å². The molecule has 1 aromatic heterocycles.